The zero-order valence-corrected chi connectivity index (χ0v) is 9.47. The zero-order chi connectivity index (χ0) is 11.1. The minimum absolute atomic E-state index is 0.208. The number of carboxylic acid groups (broad SMARTS) is 1. The van der Waals surface area contributed by atoms with Crippen LogP contribution in [0.15, 0.2) is 0 Å². The number of carbonyl (C=O) groups is 1. The molecule has 0 saturated heterocycles. The first-order valence-corrected chi connectivity index (χ1v) is 5.61. The Morgan fingerprint density at radius 2 is 2.33 bits per heavy atom. The fraction of sp³-hybridized carbons (Fsp3) is 0.667. The van der Waals surface area contributed by atoms with Crippen molar-refractivity contribution < 1.29 is 9.90 Å². The molecular weight excluding hydrogens is 214 g/mol. The van der Waals surface area contributed by atoms with Gasteiger partial charge in [0.15, 0.2) is 0 Å². The van der Waals surface area contributed by atoms with E-state index in [-0.39, 0.29) is 5.92 Å². The van der Waals surface area contributed by atoms with Crippen molar-refractivity contribution in [3.05, 3.63) is 5.82 Å². The lowest BCUT2D eigenvalue weighted by molar-refractivity contribution is -0.142. The predicted octanol–water partition coefficient (Wildman–Crippen LogP) is 1.51. The summed E-state index contributed by atoms with van der Waals surface area (Å²) in [5.41, 5.74) is -0.897. The third kappa shape index (κ3) is 1.94. The molecule has 1 aliphatic carbocycles. The third-order valence-electron chi connectivity index (χ3n) is 2.73. The van der Waals surface area contributed by atoms with E-state index in [1.54, 1.807) is 13.8 Å². The summed E-state index contributed by atoms with van der Waals surface area (Å²) < 4.78 is 4.01. The van der Waals surface area contributed by atoms with Crippen molar-refractivity contribution in [2.24, 2.45) is 5.92 Å². The topological polar surface area (TPSA) is 75.1 Å². The second kappa shape index (κ2) is 3.44. The van der Waals surface area contributed by atoms with Crippen LogP contribution in [0.4, 0.5) is 5.13 Å². The SMILES string of the molecule is Cc1nsc(NC(C)(C(=O)O)C2CC2)n1. The smallest absolute Gasteiger partial charge is 0.329 e. The van der Waals surface area contributed by atoms with Crippen LogP contribution in [0, 0.1) is 12.8 Å². The molecular formula is C9H13N3O2S. The van der Waals surface area contributed by atoms with Gasteiger partial charge < -0.3 is 10.4 Å². The first-order valence-electron chi connectivity index (χ1n) is 4.84. The molecule has 2 rings (SSSR count). The van der Waals surface area contributed by atoms with Crippen molar-refractivity contribution in [3.8, 4) is 0 Å². The first-order chi connectivity index (χ1) is 7.02. The minimum atomic E-state index is -0.897. The van der Waals surface area contributed by atoms with Gasteiger partial charge >= 0.3 is 5.97 Å². The molecule has 1 heterocycles. The highest BCUT2D eigenvalue weighted by molar-refractivity contribution is 7.09. The molecule has 0 radical (unpaired) electrons. The average molecular weight is 227 g/mol. The van der Waals surface area contributed by atoms with Crippen molar-refractivity contribution in [3.63, 3.8) is 0 Å². The lowest BCUT2D eigenvalue weighted by Crippen LogP contribution is -2.45. The Hall–Kier alpha value is -1.17. The number of hydrogen-bond donors (Lipinski definition) is 2. The second-order valence-electron chi connectivity index (χ2n) is 4.05. The van der Waals surface area contributed by atoms with Gasteiger partial charge in [0.25, 0.3) is 0 Å². The van der Waals surface area contributed by atoms with E-state index in [1.807, 2.05) is 0 Å². The molecule has 1 fully saturated rings. The Morgan fingerprint density at radius 1 is 1.67 bits per heavy atom. The number of anilines is 1. The largest absolute Gasteiger partial charge is 0.480 e. The highest BCUT2D eigenvalue weighted by Gasteiger charge is 2.48. The highest BCUT2D eigenvalue weighted by Crippen LogP contribution is 2.41. The predicted molar refractivity (Wildman–Crippen MR) is 57.0 cm³/mol. The number of nitrogens with zero attached hydrogens (tertiary/aromatic N) is 2. The summed E-state index contributed by atoms with van der Waals surface area (Å²) in [6.45, 7) is 3.50. The maximum Gasteiger partial charge on any atom is 0.329 e. The molecule has 5 nitrogen and oxygen atoms in total. The Bertz CT molecular complexity index is 388. The van der Waals surface area contributed by atoms with E-state index in [2.05, 4.69) is 14.7 Å². The van der Waals surface area contributed by atoms with E-state index in [4.69, 9.17) is 0 Å². The van der Waals surface area contributed by atoms with Crippen LogP contribution in [0.5, 0.6) is 0 Å². The summed E-state index contributed by atoms with van der Waals surface area (Å²) in [6.07, 6.45) is 1.93. The van der Waals surface area contributed by atoms with Crippen LogP contribution in [-0.4, -0.2) is 26.0 Å². The molecule has 0 spiro atoms. The lowest BCUT2D eigenvalue weighted by atomic mass is 9.96. The van der Waals surface area contributed by atoms with E-state index in [0.717, 1.165) is 12.8 Å². The average Bonchev–Trinajstić information content (AvgIpc) is 2.92. The number of nitrogens with one attached hydrogen (secondary N) is 1. The van der Waals surface area contributed by atoms with Gasteiger partial charge in [0.05, 0.1) is 0 Å². The van der Waals surface area contributed by atoms with Gasteiger partial charge in [-0.15, -0.1) is 0 Å². The molecule has 1 atom stereocenters. The number of rotatable bonds is 4. The third-order valence-corrected chi connectivity index (χ3v) is 3.45. The van der Waals surface area contributed by atoms with Crippen LogP contribution >= 0.6 is 11.5 Å². The number of aryl methyl sites for hydroxylation is 1. The summed E-state index contributed by atoms with van der Waals surface area (Å²) >= 11 is 1.20. The van der Waals surface area contributed by atoms with Crippen LogP contribution in [0.3, 0.4) is 0 Å². The normalized spacial score (nSPS) is 19.6. The van der Waals surface area contributed by atoms with E-state index in [9.17, 15) is 9.90 Å². The van der Waals surface area contributed by atoms with Gasteiger partial charge in [0, 0.05) is 11.5 Å². The molecule has 0 bridgehead atoms. The summed E-state index contributed by atoms with van der Waals surface area (Å²) in [5.74, 6) is 0.0584. The Labute approximate surface area is 91.7 Å². The maximum absolute atomic E-state index is 11.2. The lowest BCUT2D eigenvalue weighted by Gasteiger charge is -2.25. The van der Waals surface area contributed by atoms with Gasteiger partial charge in [-0.1, -0.05) is 0 Å². The molecule has 6 heteroatoms. The highest BCUT2D eigenvalue weighted by atomic mass is 32.1. The molecule has 1 saturated carbocycles. The fourth-order valence-electron chi connectivity index (χ4n) is 1.56. The van der Waals surface area contributed by atoms with Crippen LogP contribution in [-0.2, 0) is 4.79 Å². The van der Waals surface area contributed by atoms with Gasteiger partial charge in [-0.3, -0.25) is 0 Å². The van der Waals surface area contributed by atoms with Gasteiger partial charge in [-0.05, 0) is 32.6 Å². The second-order valence-corrected chi connectivity index (χ2v) is 4.81. The van der Waals surface area contributed by atoms with Crippen LogP contribution in [0.1, 0.15) is 25.6 Å². The van der Waals surface area contributed by atoms with Gasteiger partial charge in [0.1, 0.15) is 11.4 Å². The number of carboxylic acids is 1. The van der Waals surface area contributed by atoms with E-state index < -0.39 is 11.5 Å². The molecule has 82 valence electrons. The zero-order valence-electron chi connectivity index (χ0n) is 8.65. The summed E-state index contributed by atoms with van der Waals surface area (Å²) in [7, 11) is 0. The van der Waals surface area contributed by atoms with E-state index >= 15 is 0 Å². The first kappa shape index (κ1) is 10.4. The standard InChI is InChI=1S/C9H13N3O2S/c1-5-10-8(15-12-5)11-9(2,7(13)14)6-3-4-6/h6H,3-4H2,1-2H3,(H,13,14)(H,10,11,12). The van der Waals surface area contributed by atoms with Crippen molar-refractivity contribution in [1.82, 2.24) is 9.36 Å². The monoisotopic (exact) mass is 227 g/mol. The van der Waals surface area contributed by atoms with Crippen molar-refractivity contribution in [2.45, 2.75) is 32.2 Å². The quantitative estimate of drug-likeness (QED) is 0.815. The van der Waals surface area contributed by atoms with Crippen molar-refractivity contribution in [2.75, 3.05) is 5.32 Å². The fourth-order valence-corrected chi connectivity index (χ4v) is 2.25. The molecule has 0 aliphatic heterocycles. The summed E-state index contributed by atoms with van der Waals surface area (Å²) in [6, 6.07) is 0. The molecule has 2 N–H and O–H groups in total. The molecule has 1 aromatic heterocycles. The van der Waals surface area contributed by atoms with Crippen LogP contribution in [0.2, 0.25) is 0 Å². The van der Waals surface area contributed by atoms with Crippen LogP contribution < -0.4 is 5.32 Å². The molecule has 15 heavy (non-hydrogen) atoms. The molecule has 0 aromatic carbocycles. The van der Waals surface area contributed by atoms with Crippen molar-refractivity contribution >= 4 is 22.6 Å². The maximum atomic E-state index is 11.2. The summed E-state index contributed by atoms with van der Waals surface area (Å²) in [5, 5.41) is 12.8. The number of hydrogen-bond acceptors (Lipinski definition) is 5. The summed E-state index contributed by atoms with van der Waals surface area (Å²) in [4.78, 5) is 15.3. The Kier molecular flexibility index (Phi) is 2.38. The molecule has 1 aliphatic rings. The minimum Gasteiger partial charge on any atom is -0.480 e. The van der Waals surface area contributed by atoms with Gasteiger partial charge in [0.2, 0.25) is 5.13 Å². The van der Waals surface area contributed by atoms with Crippen molar-refractivity contribution in [1.29, 1.82) is 0 Å². The van der Waals surface area contributed by atoms with E-state index in [0.29, 0.717) is 11.0 Å². The van der Waals surface area contributed by atoms with E-state index in [1.165, 1.54) is 11.5 Å². The molecule has 1 unspecified atom stereocenters. The Balaban J connectivity index is 2.16. The van der Waals surface area contributed by atoms with Gasteiger partial charge in [-0.2, -0.15) is 4.37 Å². The molecule has 1 aromatic rings. The van der Waals surface area contributed by atoms with Gasteiger partial charge in [-0.25, -0.2) is 9.78 Å². The molecule has 0 amide bonds. The Morgan fingerprint density at radius 3 is 2.73 bits per heavy atom. The number of aliphatic carboxylic acids is 1. The number of aromatic nitrogens is 2. The van der Waals surface area contributed by atoms with Crippen LogP contribution in [0.25, 0.3) is 0 Å².